The van der Waals surface area contributed by atoms with Crippen LogP contribution in [0.3, 0.4) is 0 Å². The fraction of sp³-hybridized carbons (Fsp3) is 0.250. The quantitative estimate of drug-likeness (QED) is 0.900. The molecule has 0 amide bonds. The highest BCUT2D eigenvalue weighted by Crippen LogP contribution is 2.24. The van der Waals surface area contributed by atoms with Gasteiger partial charge in [0.05, 0.1) is 0 Å². The van der Waals surface area contributed by atoms with Crippen LogP contribution in [-0.4, -0.2) is 18.5 Å². The van der Waals surface area contributed by atoms with Gasteiger partial charge in [-0.05, 0) is 36.4 Å². The van der Waals surface area contributed by atoms with Crippen molar-refractivity contribution in [3.8, 4) is 0 Å². The van der Waals surface area contributed by atoms with E-state index in [1.165, 1.54) is 0 Å². The zero-order valence-electron chi connectivity index (χ0n) is 11.4. The molecule has 0 saturated heterocycles. The molecular weight excluding hydrogens is 291 g/mol. The summed E-state index contributed by atoms with van der Waals surface area (Å²) in [7, 11) is 2.05. The Bertz CT molecular complexity index is 555. The lowest BCUT2D eigenvalue weighted by Crippen LogP contribution is -2.30. The van der Waals surface area contributed by atoms with Crippen molar-refractivity contribution in [1.29, 1.82) is 0 Å². The standard InChI is InChI=1S/C16H18Cl2N2/c1-20(11-13-4-2-3-5-15(13)18)16(10-19)12-6-8-14(17)9-7-12/h2-9,16H,10-11,19H2,1H3. The summed E-state index contributed by atoms with van der Waals surface area (Å²) in [5.41, 5.74) is 8.19. The lowest BCUT2D eigenvalue weighted by Gasteiger charge is -2.27. The monoisotopic (exact) mass is 308 g/mol. The summed E-state index contributed by atoms with van der Waals surface area (Å²) in [4.78, 5) is 2.20. The van der Waals surface area contributed by atoms with Crippen molar-refractivity contribution >= 4 is 23.2 Å². The molecule has 4 heteroatoms. The van der Waals surface area contributed by atoms with Crippen molar-refractivity contribution in [3.05, 3.63) is 69.7 Å². The van der Waals surface area contributed by atoms with Crippen molar-refractivity contribution in [1.82, 2.24) is 4.90 Å². The first-order valence-corrected chi connectivity index (χ1v) is 7.26. The predicted octanol–water partition coefficient (Wildman–Crippen LogP) is 4.13. The Kier molecular flexibility index (Phi) is 5.44. The molecule has 2 nitrogen and oxygen atoms in total. The Morgan fingerprint density at radius 1 is 1.05 bits per heavy atom. The van der Waals surface area contributed by atoms with Crippen LogP contribution in [0.2, 0.25) is 10.0 Å². The van der Waals surface area contributed by atoms with E-state index < -0.39 is 0 Å². The third kappa shape index (κ3) is 3.74. The van der Waals surface area contributed by atoms with Gasteiger partial charge >= 0.3 is 0 Å². The minimum absolute atomic E-state index is 0.142. The summed E-state index contributed by atoms with van der Waals surface area (Å²) in [6.07, 6.45) is 0. The van der Waals surface area contributed by atoms with Crippen LogP contribution >= 0.6 is 23.2 Å². The number of rotatable bonds is 5. The Morgan fingerprint density at radius 2 is 1.70 bits per heavy atom. The zero-order chi connectivity index (χ0) is 14.5. The Balaban J connectivity index is 2.15. The lowest BCUT2D eigenvalue weighted by atomic mass is 10.0. The van der Waals surface area contributed by atoms with E-state index in [9.17, 15) is 0 Å². The van der Waals surface area contributed by atoms with E-state index in [4.69, 9.17) is 28.9 Å². The van der Waals surface area contributed by atoms with Crippen molar-refractivity contribution in [3.63, 3.8) is 0 Å². The molecule has 2 rings (SSSR count). The van der Waals surface area contributed by atoms with Crippen LogP contribution in [0.15, 0.2) is 48.5 Å². The van der Waals surface area contributed by atoms with Gasteiger partial charge in [-0.3, -0.25) is 4.90 Å². The van der Waals surface area contributed by atoms with E-state index in [0.717, 1.165) is 27.7 Å². The molecule has 0 spiro atoms. The average molecular weight is 309 g/mol. The van der Waals surface area contributed by atoms with Crippen molar-refractivity contribution in [2.75, 3.05) is 13.6 Å². The van der Waals surface area contributed by atoms with Crippen LogP contribution in [0, 0.1) is 0 Å². The second-order valence-corrected chi connectivity index (χ2v) is 5.65. The van der Waals surface area contributed by atoms with Crippen LogP contribution in [0.5, 0.6) is 0 Å². The van der Waals surface area contributed by atoms with E-state index in [1.54, 1.807) is 0 Å². The summed E-state index contributed by atoms with van der Waals surface area (Å²) in [5.74, 6) is 0. The number of benzene rings is 2. The molecule has 0 aliphatic rings. The number of nitrogens with zero attached hydrogens (tertiary/aromatic N) is 1. The molecule has 0 saturated carbocycles. The molecule has 0 aromatic heterocycles. The van der Waals surface area contributed by atoms with Crippen LogP contribution < -0.4 is 5.73 Å². The second-order valence-electron chi connectivity index (χ2n) is 4.81. The van der Waals surface area contributed by atoms with Crippen LogP contribution in [0.25, 0.3) is 0 Å². The smallest absolute Gasteiger partial charge is 0.0470 e. The van der Waals surface area contributed by atoms with E-state index in [2.05, 4.69) is 11.9 Å². The third-order valence-electron chi connectivity index (χ3n) is 3.39. The molecule has 0 fully saturated rings. The molecule has 0 aliphatic heterocycles. The van der Waals surface area contributed by atoms with Gasteiger partial charge in [0.1, 0.15) is 0 Å². The average Bonchev–Trinajstić information content (AvgIpc) is 2.44. The maximum atomic E-state index is 6.21. The van der Waals surface area contributed by atoms with Gasteiger partial charge < -0.3 is 5.73 Å². The van der Waals surface area contributed by atoms with E-state index >= 15 is 0 Å². The van der Waals surface area contributed by atoms with Crippen molar-refractivity contribution in [2.24, 2.45) is 5.73 Å². The first-order valence-electron chi connectivity index (χ1n) is 6.51. The van der Waals surface area contributed by atoms with Gasteiger partial charge in [0.2, 0.25) is 0 Å². The molecule has 0 radical (unpaired) electrons. The lowest BCUT2D eigenvalue weighted by molar-refractivity contribution is 0.242. The predicted molar refractivity (Wildman–Crippen MR) is 86.2 cm³/mol. The summed E-state index contributed by atoms with van der Waals surface area (Å²) in [6.45, 7) is 1.30. The molecule has 1 unspecified atom stereocenters. The number of halogens is 2. The van der Waals surface area contributed by atoms with Gasteiger partial charge in [-0.1, -0.05) is 53.5 Å². The summed E-state index contributed by atoms with van der Waals surface area (Å²) < 4.78 is 0. The highest BCUT2D eigenvalue weighted by Gasteiger charge is 2.16. The maximum absolute atomic E-state index is 6.21. The number of hydrogen-bond donors (Lipinski definition) is 1. The van der Waals surface area contributed by atoms with Gasteiger partial charge in [0.15, 0.2) is 0 Å². The van der Waals surface area contributed by atoms with Gasteiger partial charge in [0.25, 0.3) is 0 Å². The molecule has 2 aromatic rings. The molecule has 20 heavy (non-hydrogen) atoms. The molecule has 106 valence electrons. The Morgan fingerprint density at radius 3 is 2.30 bits per heavy atom. The number of nitrogens with two attached hydrogens (primary N) is 1. The largest absolute Gasteiger partial charge is 0.329 e. The minimum atomic E-state index is 0.142. The van der Waals surface area contributed by atoms with Gasteiger partial charge in [0, 0.05) is 29.2 Å². The molecule has 0 aliphatic carbocycles. The fourth-order valence-electron chi connectivity index (χ4n) is 2.26. The zero-order valence-corrected chi connectivity index (χ0v) is 12.9. The summed E-state index contributed by atoms with van der Waals surface area (Å²) in [5, 5.41) is 1.52. The fourth-order valence-corrected chi connectivity index (χ4v) is 2.58. The van der Waals surface area contributed by atoms with Gasteiger partial charge in [-0.2, -0.15) is 0 Å². The van der Waals surface area contributed by atoms with Crippen molar-refractivity contribution < 1.29 is 0 Å². The van der Waals surface area contributed by atoms with E-state index in [-0.39, 0.29) is 6.04 Å². The van der Waals surface area contributed by atoms with Crippen LogP contribution in [0.4, 0.5) is 0 Å². The Labute approximate surface area is 130 Å². The molecule has 2 aromatic carbocycles. The summed E-state index contributed by atoms with van der Waals surface area (Å²) in [6, 6.07) is 15.8. The highest BCUT2D eigenvalue weighted by molar-refractivity contribution is 6.31. The SMILES string of the molecule is CN(Cc1ccccc1Cl)C(CN)c1ccc(Cl)cc1. The topological polar surface area (TPSA) is 29.3 Å². The molecule has 0 heterocycles. The van der Waals surface area contributed by atoms with Crippen LogP contribution in [0.1, 0.15) is 17.2 Å². The molecule has 2 N–H and O–H groups in total. The van der Waals surface area contributed by atoms with E-state index in [1.807, 2.05) is 48.5 Å². The first kappa shape index (κ1) is 15.3. The normalized spacial score (nSPS) is 12.7. The van der Waals surface area contributed by atoms with Gasteiger partial charge in [-0.25, -0.2) is 0 Å². The maximum Gasteiger partial charge on any atom is 0.0470 e. The number of likely N-dealkylation sites (N-methyl/N-ethyl adjacent to an activating group) is 1. The van der Waals surface area contributed by atoms with Crippen LogP contribution in [-0.2, 0) is 6.54 Å². The molecular formula is C16H18Cl2N2. The second kappa shape index (κ2) is 7.09. The van der Waals surface area contributed by atoms with Gasteiger partial charge in [-0.15, -0.1) is 0 Å². The number of hydrogen-bond acceptors (Lipinski definition) is 2. The molecule has 1 atom stereocenters. The summed E-state index contributed by atoms with van der Waals surface area (Å²) >= 11 is 12.1. The first-order chi connectivity index (χ1) is 9.61. The minimum Gasteiger partial charge on any atom is -0.329 e. The molecule has 0 bridgehead atoms. The highest BCUT2D eigenvalue weighted by atomic mass is 35.5. The Hall–Kier alpha value is -1.06. The third-order valence-corrected chi connectivity index (χ3v) is 4.01. The van der Waals surface area contributed by atoms with Crippen molar-refractivity contribution in [2.45, 2.75) is 12.6 Å². The van der Waals surface area contributed by atoms with E-state index in [0.29, 0.717) is 6.54 Å².